The molecule has 4 rings (SSSR count). The highest BCUT2D eigenvalue weighted by molar-refractivity contribution is 6.12. The molecule has 0 saturated heterocycles. The number of nitriles is 1. The highest BCUT2D eigenvalue weighted by atomic mass is 16.6. The second-order valence-electron chi connectivity index (χ2n) is 6.99. The fourth-order valence-corrected chi connectivity index (χ4v) is 3.39. The molecule has 0 aliphatic carbocycles. The number of amides is 1. The number of fused-ring (bicyclic) bond motifs is 1. The van der Waals surface area contributed by atoms with E-state index in [0.29, 0.717) is 17.0 Å². The van der Waals surface area contributed by atoms with E-state index in [1.807, 2.05) is 42.5 Å². The third kappa shape index (κ3) is 4.43. The van der Waals surface area contributed by atoms with Gasteiger partial charge in [-0.25, -0.2) is 0 Å². The molecular formula is C25H17N3O5. The lowest BCUT2D eigenvalue weighted by molar-refractivity contribution is -0.384. The molecule has 0 fully saturated rings. The van der Waals surface area contributed by atoms with Crippen LogP contribution in [-0.2, 0) is 4.79 Å². The van der Waals surface area contributed by atoms with Crippen LogP contribution < -0.4 is 10.1 Å². The Labute approximate surface area is 188 Å². The van der Waals surface area contributed by atoms with E-state index in [2.05, 4.69) is 5.32 Å². The van der Waals surface area contributed by atoms with Gasteiger partial charge in [-0.3, -0.25) is 14.9 Å². The number of nitro benzene ring substituents is 1. The van der Waals surface area contributed by atoms with Gasteiger partial charge >= 0.3 is 0 Å². The van der Waals surface area contributed by atoms with Crippen molar-refractivity contribution in [3.63, 3.8) is 0 Å². The topological polar surface area (TPSA) is 118 Å². The second kappa shape index (κ2) is 9.08. The molecule has 3 aromatic carbocycles. The van der Waals surface area contributed by atoms with Crippen LogP contribution in [0.2, 0.25) is 0 Å². The highest BCUT2D eigenvalue weighted by Crippen LogP contribution is 2.34. The Morgan fingerprint density at radius 3 is 2.67 bits per heavy atom. The van der Waals surface area contributed by atoms with Gasteiger partial charge in [0.1, 0.15) is 28.9 Å². The third-order valence-corrected chi connectivity index (χ3v) is 4.98. The van der Waals surface area contributed by atoms with Gasteiger partial charge in [-0.05, 0) is 29.7 Å². The van der Waals surface area contributed by atoms with E-state index in [0.717, 1.165) is 10.8 Å². The van der Waals surface area contributed by atoms with E-state index >= 15 is 0 Å². The van der Waals surface area contributed by atoms with Gasteiger partial charge in [-0.15, -0.1) is 0 Å². The van der Waals surface area contributed by atoms with E-state index in [1.54, 1.807) is 18.2 Å². The quantitative estimate of drug-likeness (QED) is 0.182. The number of carbonyl (C=O) groups is 1. The van der Waals surface area contributed by atoms with Crippen molar-refractivity contribution >= 4 is 34.1 Å². The average Bonchev–Trinajstić information content (AvgIpc) is 3.30. The summed E-state index contributed by atoms with van der Waals surface area (Å²) in [6.07, 6.45) is 1.34. The predicted octanol–water partition coefficient (Wildman–Crippen LogP) is 5.56. The van der Waals surface area contributed by atoms with E-state index < -0.39 is 10.8 Å². The summed E-state index contributed by atoms with van der Waals surface area (Å²) in [5, 5.41) is 25.1. The number of hydrogen-bond donors (Lipinski definition) is 1. The summed E-state index contributed by atoms with van der Waals surface area (Å²) < 4.78 is 11.0. The molecule has 0 radical (unpaired) electrons. The van der Waals surface area contributed by atoms with Crippen molar-refractivity contribution in [2.75, 3.05) is 12.4 Å². The van der Waals surface area contributed by atoms with E-state index in [1.165, 1.54) is 31.4 Å². The minimum Gasteiger partial charge on any atom is -0.496 e. The Morgan fingerprint density at radius 2 is 1.91 bits per heavy atom. The van der Waals surface area contributed by atoms with Crippen LogP contribution in [-0.4, -0.2) is 17.9 Å². The summed E-state index contributed by atoms with van der Waals surface area (Å²) in [7, 11) is 1.40. The normalized spacial score (nSPS) is 11.1. The molecule has 1 N–H and O–H groups in total. The SMILES string of the molecule is COc1cc([N+](=O)[O-])ccc1-c1ccc(/C=C(\C#N)C(=O)Nc2cccc3ccccc23)o1. The highest BCUT2D eigenvalue weighted by Gasteiger charge is 2.16. The Hall–Kier alpha value is -4.90. The second-order valence-corrected chi connectivity index (χ2v) is 6.99. The summed E-state index contributed by atoms with van der Waals surface area (Å²) in [5.41, 5.74) is 0.843. The van der Waals surface area contributed by atoms with Gasteiger partial charge < -0.3 is 14.5 Å². The minimum atomic E-state index is -0.570. The molecule has 0 unspecified atom stereocenters. The van der Waals surface area contributed by atoms with Gasteiger partial charge in [-0.2, -0.15) is 5.26 Å². The van der Waals surface area contributed by atoms with Crippen LogP contribution in [0.15, 0.2) is 82.8 Å². The summed E-state index contributed by atoms with van der Waals surface area (Å²) in [6.45, 7) is 0. The summed E-state index contributed by atoms with van der Waals surface area (Å²) in [5.74, 6) is 0.345. The zero-order valence-electron chi connectivity index (χ0n) is 17.4. The Balaban J connectivity index is 1.60. The van der Waals surface area contributed by atoms with E-state index in [9.17, 15) is 20.2 Å². The van der Waals surface area contributed by atoms with Crippen molar-refractivity contribution < 1.29 is 18.9 Å². The van der Waals surface area contributed by atoms with E-state index in [4.69, 9.17) is 9.15 Å². The van der Waals surface area contributed by atoms with Crippen LogP contribution in [0, 0.1) is 21.4 Å². The number of benzene rings is 3. The van der Waals surface area contributed by atoms with Crippen LogP contribution in [0.25, 0.3) is 28.2 Å². The average molecular weight is 439 g/mol. The first-order valence-corrected chi connectivity index (χ1v) is 9.83. The molecule has 0 aliphatic rings. The van der Waals surface area contributed by atoms with Crippen molar-refractivity contribution in [2.45, 2.75) is 0 Å². The van der Waals surface area contributed by atoms with Crippen molar-refractivity contribution in [1.29, 1.82) is 5.26 Å². The number of furan rings is 1. The van der Waals surface area contributed by atoms with Gasteiger partial charge in [0, 0.05) is 23.2 Å². The first-order chi connectivity index (χ1) is 16.0. The van der Waals surface area contributed by atoms with Crippen LogP contribution in [0.5, 0.6) is 5.75 Å². The molecule has 33 heavy (non-hydrogen) atoms. The van der Waals surface area contributed by atoms with Gasteiger partial charge in [0.05, 0.1) is 23.7 Å². The van der Waals surface area contributed by atoms with Crippen LogP contribution in [0.4, 0.5) is 11.4 Å². The maximum absolute atomic E-state index is 12.7. The first-order valence-electron chi connectivity index (χ1n) is 9.83. The van der Waals surface area contributed by atoms with Gasteiger partial charge in [-0.1, -0.05) is 36.4 Å². The van der Waals surface area contributed by atoms with Crippen molar-refractivity contribution in [1.82, 2.24) is 0 Å². The molecule has 0 aliphatic heterocycles. The number of carbonyl (C=O) groups excluding carboxylic acids is 1. The van der Waals surface area contributed by atoms with Crippen LogP contribution in [0.3, 0.4) is 0 Å². The molecule has 0 bridgehead atoms. The standard InChI is InChI=1S/C25H17N3O5/c1-32-24-14-18(28(30)31)9-11-21(24)23-12-10-19(33-23)13-17(15-26)25(29)27-22-8-4-6-16-5-2-3-7-20(16)22/h2-14H,1H3,(H,27,29)/b17-13+. The first kappa shape index (κ1) is 21.3. The summed E-state index contributed by atoms with van der Waals surface area (Å²) in [4.78, 5) is 23.2. The molecule has 8 nitrogen and oxygen atoms in total. The molecular weight excluding hydrogens is 422 g/mol. The van der Waals surface area contributed by atoms with Crippen molar-refractivity contribution in [3.8, 4) is 23.1 Å². The molecule has 4 aromatic rings. The monoisotopic (exact) mass is 439 g/mol. The molecule has 0 atom stereocenters. The largest absolute Gasteiger partial charge is 0.496 e. The lowest BCUT2D eigenvalue weighted by Gasteiger charge is -2.08. The molecule has 1 heterocycles. The maximum Gasteiger partial charge on any atom is 0.273 e. The summed E-state index contributed by atoms with van der Waals surface area (Å²) >= 11 is 0. The smallest absolute Gasteiger partial charge is 0.273 e. The number of nitrogens with one attached hydrogen (secondary N) is 1. The van der Waals surface area contributed by atoms with Crippen LogP contribution >= 0.6 is 0 Å². The number of nitrogens with zero attached hydrogens (tertiary/aromatic N) is 2. The molecule has 1 amide bonds. The fourth-order valence-electron chi connectivity index (χ4n) is 3.39. The maximum atomic E-state index is 12.7. The van der Waals surface area contributed by atoms with Gasteiger partial charge in [0.15, 0.2) is 0 Å². The predicted molar refractivity (Wildman–Crippen MR) is 124 cm³/mol. The molecule has 1 aromatic heterocycles. The number of rotatable bonds is 6. The van der Waals surface area contributed by atoms with Gasteiger partial charge in [0.2, 0.25) is 0 Å². The third-order valence-electron chi connectivity index (χ3n) is 4.98. The number of anilines is 1. The molecule has 162 valence electrons. The Morgan fingerprint density at radius 1 is 1.12 bits per heavy atom. The Bertz CT molecular complexity index is 1440. The lowest BCUT2D eigenvalue weighted by Crippen LogP contribution is -2.13. The zero-order valence-corrected chi connectivity index (χ0v) is 17.4. The van der Waals surface area contributed by atoms with Gasteiger partial charge in [0.25, 0.3) is 11.6 Å². The minimum absolute atomic E-state index is 0.112. The number of methoxy groups -OCH3 is 1. The molecule has 8 heteroatoms. The number of non-ortho nitro benzene ring substituents is 1. The van der Waals surface area contributed by atoms with Crippen molar-refractivity contribution in [2.24, 2.45) is 0 Å². The molecule has 0 saturated carbocycles. The van der Waals surface area contributed by atoms with Crippen LogP contribution in [0.1, 0.15) is 5.76 Å². The zero-order chi connectivity index (χ0) is 23.4. The summed E-state index contributed by atoms with van der Waals surface area (Å²) in [6, 6.07) is 22.4. The number of hydrogen-bond acceptors (Lipinski definition) is 6. The number of ether oxygens (including phenoxy) is 1. The lowest BCUT2D eigenvalue weighted by atomic mass is 10.1. The van der Waals surface area contributed by atoms with Crippen molar-refractivity contribution in [3.05, 3.63) is 94.2 Å². The molecule has 0 spiro atoms. The Kier molecular flexibility index (Phi) is 5.87. The number of nitro groups is 1. The fraction of sp³-hybridized carbons (Fsp3) is 0.0400. The van der Waals surface area contributed by atoms with E-state index in [-0.39, 0.29) is 22.8 Å².